The van der Waals surface area contributed by atoms with Gasteiger partial charge >= 0.3 is 0 Å². The molecule has 2 atom stereocenters. The van der Waals surface area contributed by atoms with Gasteiger partial charge in [-0.2, -0.15) is 5.10 Å². The van der Waals surface area contributed by atoms with Crippen molar-refractivity contribution in [2.75, 3.05) is 6.54 Å². The largest absolute Gasteiger partial charge is 0.393 e. The van der Waals surface area contributed by atoms with Gasteiger partial charge in [-0.15, -0.1) is 0 Å². The Bertz CT molecular complexity index is 593. The Morgan fingerprint density at radius 3 is 3.16 bits per heavy atom. The first-order valence-electron chi connectivity index (χ1n) is 6.64. The van der Waals surface area contributed by atoms with E-state index in [-0.39, 0.29) is 17.9 Å². The molecule has 3 rings (SSSR count). The first-order chi connectivity index (χ1) is 9.25. The fourth-order valence-corrected chi connectivity index (χ4v) is 2.68. The maximum absolute atomic E-state index is 12.1. The number of aromatic nitrogens is 2. The number of rotatable bonds is 3. The molecule has 2 heterocycles. The molecule has 0 bridgehead atoms. The van der Waals surface area contributed by atoms with E-state index in [1.165, 1.54) is 0 Å². The van der Waals surface area contributed by atoms with Gasteiger partial charge in [0.2, 0.25) is 0 Å². The molecular formula is C14H17N3O2. The lowest BCUT2D eigenvalue weighted by atomic mass is 10.1. The summed E-state index contributed by atoms with van der Waals surface area (Å²) in [4.78, 5) is 12.1. The molecular weight excluding hydrogens is 242 g/mol. The molecule has 1 fully saturated rings. The highest BCUT2D eigenvalue weighted by Crippen LogP contribution is 2.24. The number of amides is 1. The van der Waals surface area contributed by atoms with Gasteiger partial charge in [-0.1, -0.05) is 12.5 Å². The van der Waals surface area contributed by atoms with Gasteiger partial charge in [-0.05, 0) is 25.0 Å². The van der Waals surface area contributed by atoms with Crippen LogP contribution in [-0.4, -0.2) is 33.3 Å². The number of carbonyl (C=O) groups excluding carboxylic acids is 1. The van der Waals surface area contributed by atoms with Gasteiger partial charge in [0.25, 0.3) is 5.91 Å². The molecule has 1 aliphatic rings. The van der Waals surface area contributed by atoms with Crippen LogP contribution in [-0.2, 0) is 0 Å². The van der Waals surface area contributed by atoms with Crippen molar-refractivity contribution in [2.45, 2.75) is 25.4 Å². The summed E-state index contributed by atoms with van der Waals surface area (Å²) in [5.74, 6) is 0.0612. The molecule has 19 heavy (non-hydrogen) atoms. The second kappa shape index (κ2) is 5.01. The lowest BCUT2D eigenvalue weighted by Crippen LogP contribution is -2.32. The smallest absolute Gasteiger partial charge is 0.255 e. The average Bonchev–Trinajstić information content (AvgIpc) is 3.02. The van der Waals surface area contributed by atoms with Crippen LogP contribution < -0.4 is 5.32 Å². The van der Waals surface area contributed by atoms with Gasteiger partial charge < -0.3 is 10.4 Å². The van der Waals surface area contributed by atoms with Crippen molar-refractivity contribution in [1.29, 1.82) is 0 Å². The zero-order valence-electron chi connectivity index (χ0n) is 10.6. The summed E-state index contributed by atoms with van der Waals surface area (Å²) >= 11 is 0. The Hall–Kier alpha value is -1.88. The molecule has 2 aromatic heterocycles. The van der Waals surface area contributed by atoms with E-state index in [0.29, 0.717) is 12.1 Å². The molecule has 5 nitrogen and oxygen atoms in total. The van der Waals surface area contributed by atoms with Crippen LogP contribution in [0.4, 0.5) is 0 Å². The van der Waals surface area contributed by atoms with Crippen LogP contribution in [0.3, 0.4) is 0 Å². The van der Waals surface area contributed by atoms with Gasteiger partial charge in [-0.3, -0.25) is 4.79 Å². The third kappa shape index (κ3) is 2.33. The van der Waals surface area contributed by atoms with Crippen LogP contribution in [0, 0.1) is 5.92 Å². The lowest BCUT2D eigenvalue weighted by molar-refractivity contribution is 0.0918. The van der Waals surface area contributed by atoms with Gasteiger partial charge in [-0.25, -0.2) is 4.52 Å². The number of hydrogen-bond acceptors (Lipinski definition) is 3. The summed E-state index contributed by atoms with van der Waals surface area (Å²) in [6.07, 6.45) is 5.98. The highest BCUT2D eigenvalue weighted by molar-refractivity contribution is 6.00. The Morgan fingerprint density at radius 1 is 1.47 bits per heavy atom. The van der Waals surface area contributed by atoms with Crippen LogP contribution in [0.1, 0.15) is 29.6 Å². The van der Waals surface area contributed by atoms with Crippen molar-refractivity contribution < 1.29 is 9.90 Å². The van der Waals surface area contributed by atoms with E-state index in [2.05, 4.69) is 10.4 Å². The predicted molar refractivity (Wildman–Crippen MR) is 70.9 cm³/mol. The summed E-state index contributed by atoms with van der Waals surface area (Å²) in [7, 11) is 0. The zero-order valence-corrected chi connectivity index (χ0v) is 10.6. The van der Waals surface area contributed by atoms with E-state index in [1.54, 1.807) is 10.7 Å². The maximum atomic E-state index is 12.1. The Balaban J connectivity index is 1.70. The van der Waals surface area contributed by atoms with E-state index in [4.69, 9.17) is 0 Å². The number of pyridine rings is 1. The monoisotopic (exact) mass is 259 g/mol. The number of nitrogens with one attached hydrogen (secondary N) is 1. The van der Waals surface area contributed by atoms with Crippen LogP contribution in [0.5, 0.6) is 0 Å². The summed E-state index contributed by atoms with van der Waals surface area (Å²) in [5.41, 5.74) is 1.38. The van der Waals surface area contributed by atoms with E-state index >= 15 is 0 Å². The highest BCUT2D eigenvalue weighted by Gasteiger charge is 2.25. The molecule has 2 aromatic rings. The molecule has 0 aliphatic heterocycles. The number of fused-ring (bicyclic) bond motifs is 1. The molecule has 2 unspecified atom stereocenters. The molecule has 1 aliphatic carbocycles. The number of aliphatic hydroxyl groups excluding tert-OH is 1. The number of carbonyl (C=O) groups is 1. The van der Waals surface area contributed by atoms with E-state index in [9.17, 15) is 9.90 Å². The van der Waals surface area contributed by atoms with E-state index in [1.807, 2.05) is 24.4 Å². The quantitative estimate of drug-likeness (QED) is 0.871. The summed E-state index contributed by atoms with van der Waals surface area (Å²) in [6.45, 7) is 0.532. The van der Waals surface area contributed by atoms with Gasteiger partial charge in [0.1, 0.15) is 0 Å². The topological polar surface area (TPSA) is 66.6 Å². The normalized spacial score (nSPS) is 22.8. The van der Waals surface area contributed by atoms with Gasteiger partial charge in [0.15, 0.2) is 0 Å². The highest BCUT2D eigenvalue weighted by atomic mass is 16.3. The lowest BCUT2D eigenvalue weighted by Gasteiger charge is -2.14. The Labute approximate surface area is 111 Å². The van der Waals surface area contributed by atoms with Crippen molar-refractivity contribution >= 4 is 11.4 Å². The van der Waals surface area contributed by atoms with Gasteiger partial charge in [0.05, 0.1) is 23.4 Å². The first kappa shape index (κ1) is 12.2. The zero-order chi connectivity index (χ0) is 13.2. The first-order valence-corrected chi connectivity index (χ1v) is 6.64. The standard InChI is InChI=1S/C14H17N3O2/c18-13-6-3-4-10(13)8-15-14(19)11-9-16-17-7-2-1-5-12(11)17/h1-2,5,7,9-10,13,18H,3-4,6,8H2,(H,15,19). The second-order valence-electron chi connectivity index (χ2n) is 5.06. The van der Waals surface area contributed by atoms with Crippen molar-refractivity contribution in [1.82, 2.24) is 14.9 Å². The molecule has 1 amide bonds. The minimum atomic E-state index is -0.274. The molecule has 1 saturated carbocycles. The third-order valence-electron chi connectivity index (χ3n) is 3.81. The minimum Gasteiger partial charge on any atom is -0.393 e. The van der Waals surface area contributed by atoms with Crippen LogP contribution >= 0.6 is 0 Å². The van der Waals surface area contributed by atoms with Crippen LogP contribution in [0.25, 0.3) is 5.52 Å². The van der Waals surface area contributed by atoms with Gasteiger partial charge in [0, 0.05) is 18.7 Å². The third-order valence-corrected chi connectivity index (χ3v) is 3.81. The fourth-order valence-electron chi connectivity index (χ4n) is 2.68. The van der Waals surface area contributed by atoms with E-state index in [0.717, 1.165) is 24.8 Å². The summed E-state index contributed by atoms with van der Waals surface area (Å²) in [6, 6.07) is 5.62. The Kier molecular flexibility index (Phi) is 3.21. The number of hydrogen-bond donors (Lipinski definition) is 2. The second-order valence-corrected chi connectivity index (χ2v) is 5.06. The number of aliphatic hydroxyl groups is 1. The van der Waals surface area contributed by atoms with Crippen molar-refractivity contribution in [3.63, 3.8) is 0 Å². The molecule has 100 valence electrons. The minimum absolute atomic E-state index is 0.125. The molecule has 0 radical (unpaired) electrons. The fraction of sp³-hybridized carbons (Fsp3) is 0.429. The summed E-state index contributed by atoms with van der Waals surface area (Å²) in [5, 5.41) is 16.8. The molecule has 0 saturated heterocycles. The molecule has 2 N–H and O–H groups in total. The molecule has 0 aromatic carbocycles. The predicted octanol–water partition coefficient (Wildman–Crippen LogP) is 1.23. The molecule has 5 heteroatoms. The van der Waals surface area contributed by atoms with E-state index < -0.39 is 0 Å². The van der Waals surface area contributed by atoms with Crippen LogP contribution in [0.2, 0.25) is 0 Å². The Morgan fingerprint density at radius 2 is 2.37 bits per heavy atom. The average molecular weight is 259 g/mol. The van der Waals surface area contributed by atoms with Crippen molar-refractivity contribution in [3.05, 3.63) is 36.2 Å². The number of nitrogens with zero attached hydrogens (tertiary/aromatic N) is 2. The maximum Gasteiger partial charge on any atom is 0.255 e. The summed E-state index contributed by atoms with van der Waals surface area (Å²) < 4.78 is 1.68. The molecule has 0 spiro atoms. The van der Waals surface area contributed by atoms with Crippen LogP contribution in [0.15, 0.2) is 30.6 Å². The SMILES string of the molecule is O=C(NCC1CCCC1O)c1cnn2ccccc12. The van der Waals surface area contributed by atoms with Crippen molar-refractivity contribution in [2.24, 2.45) is 5.92 Å². The van der Waals surface area contributed by atoms with Crippen molar-refractivity contribution in [3.8, 4) is 0 Å².